The third-order valence-electron chi connectivity index (χ3n) is 3.54. The van der Waals surface area contributed by atoms with Gasteiger partial charge in [-0.3, -0.25) is 4.79 Å². The van der Waals surface area contributed by atoms with Gasteiger partial charge in [-0.25, -0.2) is 0 Å². The summed E-state index contributed by atoms with van der Waals surface area (Å²) >= 11 is 0. The average molecular weight is 249 g/mol. The van der Waals surface area contributed by atoms with E-state index in [0.717, 1.165) is 32.6 Å². The average Bonchev–Trinajstić information content (AvgIpc) is 2.91. The number of nitrogens with one attached hydrogen (secondary N) is 2. The summed E-state index contributed by atoms with van der Waals surface area (Å²) in [6.07, 6.45) is 8.23. The van der Waals surface area contributed by atoms with Crippen molar-refractivity contribution in [3.05, 3.63) is 24.5 Å². The Bertz CT molecular complexity index is 342. The van der Waals surface area contributed by atoms with Crippen molar-refractivity contribution in [2.75, 3.05) is 19.6 Å². The number of hydrogen-bond donors (Lipinski definition) is 2. The van der Waals surface area contributed by atoms with Crippen LogP contribution in [-0.2, 0) is 11.3 Å². The molecule has 2 rings (SSSR count). The zero-order chi connectivity index (χ0) is 12.6. The third-order valence-corrected chi connectivity index (χ3v) is 3.54. The van der Waals surface area contributed by atoms with Crippen molar-refractivity contribution in [1.29, 1.82) is 0 Å². The van der Waals surface area contributed by atoms with Gasteiger partial charge in [0.05, 0.1) is 0 Å². The standard InChI is InChI=1S/C14H23N3O/c18-14(6-5-13-4-3-7-15-12-13)16-8-11-17-9-1-2-10-17/h1-2,9-10,13,15H,3-8,11-12H2,(H,16,18). The lowest BCUT2D eigenvalue weighted by molar-refractivity contribution is -0.121. The minimum atomic E-state index is 0.188. The Hall–Kier alpha value is -1.29. The Morgan fingerprint density at radius 3 is 2.94 bits per heavy atom. The number of carbonyl (C=O) groups excluding carboxylic acids is 1. The van der Waals surface area contributed by atoms with E-state index >= 15 is 0 Å². The van der Waals surface area contributed by atoms with E-state index in [9.17, 15) is 4.79 Å². The van der Waals surface area contributed by atoms with E-state index < -0.39 is 0 Å². The molecule has 1 aliphatic heterocycles. The van der Waals surface area contributed by atoms with Crippen LogP contribution in [0.1, 0.15) is 25.7 Å². The zero-order valence-electron chi connectivity index (χ0n) is 10.9. The van der Waals surface area contributed by atoms with Crippen molar-refractivity contribution in [1.82, 2.24) is 15.2 Å². The number of amides is 1. The summed E-state index contributed by atoms with van der Waals surface area (Å²) in [7, 11) is 0. The van der Waals surface area contributed by atoms with E-state index in [1.165, 1.54) is 12.8 Å². The summed E-state index contributed by atoms with van der Waals surface area (Å²) in [5, 5.41) is 6.37. The van der Waals surface area contributed by atoms with E-state index in [2.05, 4.69) is 15.2 Å². The molecule has 1 saturated heterocycles. The fourth-order valence-electron chi connectivity index (χ4n) is 2.44. The highest BCUT2D eigenvalue weighted by atomic mass is 16.1. The predicted octanol–water partition coefficient (Wildman–Crippen LogP) is 1.38. The van der Waals surface area contributed by atoms with Crippen LogP contribution in [-0.4, -0.2) is 30.1 Å². The van der Waals surface area contributed by atoms with Gasteiger partial charge in [-0.15, -0.1) is 0 Å². The Balaban J connectivity index is 1.54. The molecule has 0 saturated carbocycles. The minimum Gasteiger partial charge on any atom is -0.354 e. The Morgan fingerprint density at radius 2 is 2.22 bits per heavy atom. The summed E-state index contributed by atoms with van der Waals surface area (Å²) in [5.74, 6) is 0.877. The Labute approximate surface area is 109 Å². The van der Waals surface area contributed by atoms with Gasteiger partial charge < -0.3 is 15.2 Å². The zero-order valence-corrected chi connectivity index (χ0v) is 10.9. The molecule has 0 radical (unpaired) electrons. The molecule has 100 valence electrons. The van der Waals surface area contributed by atoms with Crippen LogP contribution >= 0.6 is 0 Å². The van der Waals surface area contributed by atoms with Crippen LogP contribution in [0.25, 0.3) is 0 Å². The van der Waals surface area contributed by atoms with E-state index in [-0.39, 0.29) is 5.91 Å². The fourth-order valence-corrected chi connectivity index (χ4v) is 2.44. The molecule has 1 aromatic heterocycles. The monoisotopic (exact) mass is 249 g/mol. The van der Waals surface area contributed by atoms with Gasteiger partial charge >= 0.3 is 0 Å². The summed E-state index contributed by atoms with van der Waals surface area (Å²) in [4.78, 5) is 11.7. The van der Waals surface area contributed by atoms with E-state index in [0.29, 0.717) is 12.3 Å². The lowest BCUT2D eigenvalue weighted by Gasteiger charge is -2.22. The summed E-state index contributed by atoms with van der Waals surface area (Å²) < 4.78 is 2.07. The first-order chi connectivity index (χ1) is 8.84. The SMILES string of the molecule is O=C(CCC1CCCNC1)NCCn1cccc1. The van der Waals surface area contributed by atoms with Crippen LogP contribution in [0.5, 0.6) is 0 Å². The Morgan fingerprint density at radius 1 is 1.39 bits per heavy atom. The number of carbonyl (C=O) groups is 1. The van der Waals surface area contributed by atoms with Crippen molar-refractivity contribution in [3.8, 4) is 0 Å². The lowest BCUT2D eigenvalue weighted by atomic mass is 9.94. The van der Waals surface area contributed by atoms with Gasteiger partial charge in [-0.1, -0.05) is 0 Å². The smallest absolute Gasteiger partial charge is 0.220 e. The molecular formula is C14H23N3O. The van der Waals surface area contributed by atoms with Crippen LogP contribution in [0.4, 0.5) is 0 Å². The van der Waals surface area contributed by atoms with Crippen molar-refractivity contribution >= 4 is 5.91 Å². The summed E-state index contributed by atoms with van der Waals surface area (Å²) in [6, 6.07) is 4.00. The first kappa shape index (κ1) is 13.1. The molecule has 1 aromatic rings. The molecule has 1 amide bonds. The van der Waals surface area contributed by atoms with Crippen LogP contribution in [0.3, 0.4) is 0 Å². The Kier molecular flexibility index (Phi) is 5.27. The second-order valence-corrected chi connectivity index (χ2v) is 5.02. The van der Waals surface area contributed by atoms with E-state index in [1.54, 1.807) is 0 Å². The van der Waals surface area contributed by atoms with Gasteiger partial charge in [0.25, 0.3) is 0 Å². The first-order valence-corrected chi connectivity index (χ1v) is 6.93. The fraction of sp³-hybridized carbons (Fsp3) is 0.643. The molecule has 0 spiro atoms. The topological polar surface area (TPSA) is 46.1 Å². The highest BCUT2D eigenvalue weighted by molar-refractivity contribution is 5.75. The lowest BCUT2D eigenvalue weighted by Crippen LogP contribution is -2.32. The molecule has 18 heavy (non-hydrogen) atoms. The maximum Gasteiger partial charge on any atom is 0.220 e. The molecule has 4 nitrogen and oxygen atoms in total. The molecule has 4 heteroatoms. The third kappa shape index (κ3) is 4.53. The molecule has 0 aliphatic carbocycles. The largest absolute Gasteiger partial charge is 0.354 e. The molecule has 2 N–H and O–H groups in total. The highest BCUT2D eigenvalue weighted by Crippen LogP contribution is 2.15. The number of rotatable bonds is 6. The second kappa shape index (κ2) is 7.21. The van der Waals surface area contributed by atoms with Crippen molar-refractivity contribution in [2.24, 2.45) is 5.92 Å². The van der Waals surface area contributed by atoms with E-state index in [4.69, 9.17) is 0 Å². The van der Waals surface area contributed by atoms with Crippen LogP contribution in [0.2, 0.25) is 0 Å². The molecule has 2 heterocycles. The van der Waals surface area contributed by atoms with Gasteiger partial charge in [0.1, 0.15) is 0 Å². The number of piperidine rings is 1. The maximum absolute atomic E-state index is 11.7. The molecule has 0 aromatic carbocycles. The van der Waals surface area contributed by atoms with E-state index in [1.807, 2.05) is 24.5 Å². The molecular weight excluding hydrogens is 226 g/mol. The minimum absolute atomic E-state index is 0.188. The van der Waals surface area contributed by atoms with Crippen LogP contribution in [0, 0.1) is 5.92 Å². The first-order valence-electron chi connectivity index (χ1n) is 6.93. The van der Waals surface area contributed by atoms with Crippen LogP contribution in [0.15, 0.2) is 24.5 Å². The maximum atomic E-state index is 11.7. The number of hydrogen-bond acceptors (Lipinski definition) is 2. The normalized spacial score (nSPS) is 19.7. The molecule has 1 atom stereocenters. The molecule has 1 unspecified atom stereocenters. The van der Waals surface area contributed by atoms with Crippen LogP contribution < -0.4 is 10.6 Å². The van der Waals surface area contributed by atoms with Crippen molar-refractivity contribution in [3.63, 3.8) is 0 Å². The van der Waals surface area contributed by atoms with Gasteiger partial charge in [0, 0.05) is 31.9 Å². The van der Waals surface area contributed by atoms with Crippen molar-refractivity contribution < 1.29 is 4.79 Å². The number of aromatic nitrogens is 1. The predicted molar refractivity (Wildman–Crippen MR) is 72.3 cm³/mol. The summed E-state index contributed by atoms with van der Waals surface area (Å²) in [6.45, 7) is 3.79. The highest BCUT2D eigenvalue weighted by Gasteiger charge is 2.14. The summed E-state index contributed by atoms with van der Waals surface area (Å²) in [5.41, 5.74) is 0. The molecule has 1 fully saturated rings. The van der Waals surface area contributed by atoms with Gasteiger partial charge in [0.15, 0.2) is 0 Å². The van der Waals surface area contributed by atoms with Gasteiger partial charge in [-0.2, -0.15) is 0 Å². The van der Waals surface area contributed by atoms with Gasteiger partial charge in [-0.05, 0) is 50.4 Å². The van der Waals surface area contributed by atoms with Crippen molar-refractivity contribution in [2.45, 2.75) is 32.2 Å². The molecule has 0 bridgehead atoms. The quantitative estimate of drug-likeness (QED) is 0.800. The van der Waals surface area contributed by atoms with Gasteiger partial charge in [0.2, 0.25) is 5.91 Å². The second-order valence-electron chi connectivity index (χ2n) is 5.02. The molecule has 1 aliphatic rings. The number of nitrogens with zero attached hydrogens (tertiary/aromatic N) is 1.